The molecule has 37 heavy (non-hydrogen) atoms. The molecule has 0 aliphatic carbocycles. The van der Waals surface area contributed by atoms with E-state index in [2.05, 4.69) is 0 Å². The van der Waals surface area contributed by atoms with Crippen molar-refractivity contribution in [3.05, 3.63) is 70.8 Å². The Balaban J connectivity index is 0.000000208. The van der Waals surface area contributed by atoms with Gasteiger partial charge >= 0.3 is 0 Å². The number of nitrogens with zero attached hydrogens (tertiary/aromatic N) is 2. The standard InChI is InChI=1S/C14H14FNO3S.C12H10FNO3/c1-2-20-12(17)7-9(8-15)16-13(18)10-5-3-4-6-11(10)14(16)19;13-7-8(5-6-15)14-11(16)9-3-1-2-4-10(9)12(14)17/h3-6,9H,2,7-8H2,1H3;1-4,6,8H,5,7H2/t9-;8-/m00/s1. The zero-order chi connectivity index (χ0) is 27.1. The number of alkyl halides is 2. The maximum absolute atomic E-state index is 13.2. The second-order valence-electron chi connectivity index (χ2n) is 8.08. The minimum atomic E-state index is -1.02. The van der Waals surface area contributed by atoms with Crippen LogP contribution in [0.4, 0.5) is 8.78 Å². The van der Waals surface area contributed by atoms with Crippen LogP contribution < -0.4 is 0 Å². The van der Waals surface area contributed by atoms with Crippen molar-refractivity contribution in [2.45, 2.75) is 31.8 Å². The summed E-state index contributed by atoms with van der Waals surface area (Å²) in [5, 5.41) is -0.216. The molecule has 0 unspecified atom stereocenters. The van der Waals surface area contributed by atoms with Crippen LogP contribution in [0.15, 0.2) is 48.5 Å². The molecule has 11 heteroatoms. The summed E-state index contributed by atoms with van der Waals surface area (Å²) in [6.07, 6.45) is 0.177. The zero-order valence-corrected chi connectivity index (χ0v) is 20.7. The highest BCUT2D eigenvalue weighted by molar-refractivity contribution is 8.13. The summed E-state index contributed by atoms with van der Waals surface area (Å²) in [6, 6.07) is 10.7. The van der Waals surface area contributed by atoms with E-state index in [1.165, 1.54) is 24.3 Å². The van der Waals surface area contributed by atoms with E-state index in [1.807, 2.05) is 6.92 Å². The number of aldehydes is 1. The summed E-state index contributed by atoms with van der Waals surface area (Å²) in [5.74, 6) is -1.53. The van der Waals surface area contributed by atoms with Gasteiger partial charge in [-0.1, -0.05) is 43.0 Å². The smallest absolute Gasteiger partial charge is 0.261 e. The Kier molecular flexibility index (Phi) is 9.40. The summed E-state index contributed by atoms with van der Waals surface area (Å²) in [7, 11) is 0. The molecule has 2 aromatic carbocycles. The first-order chi connectivity index (χ1) is 17.8. The third kappa shape index (κ3) is 5.66. The number of carbonyl (C=O) groups is 6. The van der Waals surface area contributed by atoms with Gasteiger partial charge < -0.3 is 4.79 Å². The normalized spacial score (nSPS) is 15.6. The lowest BCUT2D eigenvalue weighted by molar-refractivity contribution is -0.112. The number of rotatable bonds is 9. The number of amides is 4. The fraction of sp³-hybridized carbons (Fsp3) is 0.308. The van der Waals surface area contributed by atoms with Crippen molar-refractivity contribution in [3.8, 4) is 0 Å². The fourth-order valence-electron chi connectivity index (χ4n) is 4.05. The van der Waals surface area contributed by atoms with E-state index in [4.69, 9.17) is 0 Å². The van der Waals surface area contributed by atoms with E-state index in [0.717, 1.165) is 21.6 Å². The van der Waals surface area contributed by atoms with Gasteiger partial charge in [-0.3, -0.25) is 33.8 Å². The van der Waals surface area contributed by atoms with Crippen molar-refractivity contribution in [1.82, 2.24) is 9.80 Å². The van der Waals surface area contributed by atoms with Gasteiger partial charge in [0.2, 0.25) is 0 Å². The van der Waals surface area contributed by atoms with Crippen molar-refractivity contribution >= 4 is 46.8 Å². The Hall–Kier alpha value is -3.73. The van der Waals surface area contributed by atoms with Crippen LogP contribution in [-0.2, 0) is 9.59 Å². The van der Waals surface area contributed by atoms with Crippen LogP contribution in [-0.4, -0.2) is 76.0 Å². The molecule has 2 aliphatic rings. The van der Waals surface area contributed by atoms with Crippen LogP contribution in [0.5, 0.6) is 0 Å². The zero-order valence-electron chi connectivity index (χ0n) is 19.9. The number of carbonyl (C=O) groups excluding carboxylic acids is 6. The van der Waals surface area contributed by atoms with Gasteiger partial charge in [-0.2, -0.15) is 0 Å². The Morgan fingerprint density at radius 1 is 0.784 bits per heavy atom. The van der Waals surface area contributed by atoms with Gasteiger partial charge in [0.05, 0.1) is 34.3 Å². The number of hydrogen-bond acceptors (Lipinski definition) is 7. The predicted octanol–water partition coefficient (Wildman–Crippen LogP) is 3.50. The molecule has 4 rings (SSSR count). The lowest BCUT2D eigenvalue weighted by atomic mass is 10.1. The molecule has 0 aromatic heterocycles. The highest BCUT2D eigenvalue weighted by Gasteiger charge is 2.41. The Labute approximate surface area is 216 Å². The van der Waals surface area contributed by atoms with Crippen LogP contribution >= 0.6 is 11.8 Å². The van der Waals surface area contributed by atoms with Gasteiger partial charge in [-0.05, 0) is 30.0 Å². The Morgan fingerprint density at radius 3 is 1.49 bits per heavy atom. The van der Waals surface area contributed by atoms with Gasteiger partial charge in [0, 0.05) is 12.8 Å². The minimum absolute atomic E-state index is 0.152. The van der Waals surface area contributed by atoms with Gasteiger partial charge in [0.15, 0.2) is 5.12 Å². The first kappa shape index (κ1) is 27.9. The molecule has 0 saturated heterocycles. The molecule has 0 radical (unpaired) electrons. The molecular weight excluding hydrogens is 506 g/mol. The van der Waals surface area contributed by atoms with Crippen LogP contribution in [0.1, 0.15) is 61.2 Å². The molecule has 8 nitrogen and oxygen atoms in total. The maximum Gasteiger partial charge on any atom is 0.261 e. The maximum atomic E-state index is 13.2. The third-order valence-corrected chi connectivity index (χ3v) is 6.59. The van der Waals surface area contributed by atoms with E-state index in [0.29, 0.717) is 12.0 Å². The lowest BCUT2D eigenvalue weighted by Crippen LogP contribution is -2.42. The Bertz CT molecular complexity index is 1170. The number of halogens is 2. The predicted molar refractivity (Wildman–Crippen MR) is 132 cm³/mol. The first-order valence-electron chi connectivity index (χ1n) is 11.5. The highest BCUT2D eigenvalue weighted by Crippen LogP contribution is 2.27. The average molecular weight is 531 g/mol. The van der Waals surface area contributed by atoms with Crippen molar-refractivity contribution in [1.29, 1.82) is 0 Å². The molecule has 0 fully saturated rings. The number of benzene rings is 2. The molecule has 4 amide bonds. The highest BCUT2D eigenvalue weighted by atomic mass is 32.2. The monoisotopic (exact) mass is 530 g/mol. The van der Waals surface area contributed by atoms with E-state index >= 15 is 0 Å². The first-order valence-corrected chi connectivity index (χ1v) is 12.4. The van der Waals surface area contributed by atoms with Crippen LogP contribution in [0, 0.1) is 0 Å². The van der Waals surface area contributed by atoms with E-state index in [9.17, 15) is 37.5 Å². The molecule has 0 N–H and O–H groups in total. The van der Waals surface area contributed by atoms with Gasteiger partial charge in [-0.25, -0.2) is 8.78 Å². The van der Waals surface area contributed by atoms with Crippen molar-refractivity contribution in [3.63, 3.8) is 0 Å². The largest absolute Gasteiger partial charge is 0.303 e. The summed E-state index contributed by atoms with van der Waals surface area (Å²) in [6.45, 7) is -0.0132. The second-order valence-corrected chi connectivity index (χ2v) is 9.40. The minimum Gasteiger partial charge on any atom is -0.303 e. The summed E-state index contributed by atoms with van der Waals surface area (Å²) in [4.78, 5) is 71.9. The second kappa shape index (κ2) is 12.5. The number of thioether (sulfide) groups is 1. The number of hydrogen-bond donors (Lipinski definition) is 0. The van der Waals surface area contributed by atoms with E-state index in [1.54, 1.807) is 24.3 Å². The molecule has 0 bridgehead atoms. The van der Waals surface area contributed by atoms with Crippen molar-refractivity contribution < 1.29 is 37.5 Å². The molecule has 2 aromatic rings. The Morgan fingerprint density at radius 2 is 1.16 bits per heavy atom. The molecule has 2 atom stereocenters. The number of fused-ring (bicyclic) bond motifs is 2. The van der Waals surface area contributed by atoms with E-state index < -0.39 is 49.1 Å². The summed E-state index contributed by atoms with van der Waals surface area (Å²) in [5.41, 5.74) is 1.07. The summed E-state index contributed by atoms with van der Waals surface area (Å²) >= 11 is 1.07. The fourth-order valence-corrected chi connectivity index (χ4v) is 4.69. The lowest BCUT2D eigenvalue weighted by Gasteiger charge is -2.22. The molecule has 0 spiro atoms. The molecule has 2 aliphatic heterocycles. The SMILES string of the molecule is CCSC(=O)C[C@@H](CF)N1C(=O)c2ccccc2C1=O.O=CC[C@@H](CF)N1C(=O)c2ccccc2C1=O. The summed E-state index contributed by atoms with van der Waals surface area (Å²) < 4.78 is 25.9. The topological polar surface area (TPSA) is 109 Å². The average Bonchev–Trinajstić information content (AvgIpc) is 3.31. The molecule has 2 heterocycles. The number of imide groups is 2. The quantitative estimate of drug-likeness (QED) is 0.361. The molecule has 0 saturated carbocycles. The van der Waals surface area contributed by atoms with Gasteiger partial charge in [0.25, 0.3) is 23.6 Å². The molecular formula is C26H24F2N2O6S. The van der Waals surface area contributed by atoms with Gasteiger partial charge in [-0.15, -0.1) is 0 Å². The molecule has 194 valence electrons. The van der Waals surface area contributed by atoms with E-state index in [-0.39, 0.29) is 40.2 Å². The van der Waals surface area contributed by atoms with Crippen molar-refractivity contribution in [2.75, 3.05) is 19.1 Å². The van der Waals surface area contributed by atoms with Crippen molar-refractivity contribution in [2.24, 2.45) is 0 Å². The van der Waals surface area contributed by atoms with Crippen LogP contribution in [0.3, 0.4) is 0 Å². The van der Waals surface area contributed by atoms with Crippen LogP contribution in [0.2, 0.25) is 0 Å². The third-order valence-electron chi connectivity index (χ3n) is 5.81. The van der Waals surface area contributed by atoms with Crippen LogP contribution in [0.25, 0.3) is 0 Å². The van der Waals surface area contributed by atoms with Gasteiger partial charge in [0.1, 0.15) is 19.6 Å².